The molecule has 0 aliphatic heterocycles. The lowest BCUT2D eigenvalue weighted by atomic mass is 10.1. The van der Waals surface area contributed by atoms with Gasteiger partial charge in [0.1, 0.15) is 6.61 Å². The number of hydrogen-bond acceptors (Lipinski definition) is 3. The first-order chi connectivity index (χ1) is 13.9. The van der Waals surface area contributed by atoms with E-state index in [1.54, 1.807) is 18.3 Å². The first kappa shape index (κ1) is 22.7. The van der Waals surface area contributed by atoms with Crippen LogP contribution in [-0.4, -0.2) is 41.6 Å². The van der Waals surface area contributed by atoms with E-state index in [0.29, 0.717) is 18.0 Å². The Labute approximate surface area is 169 Å². The van der Waals surface area contributed by atoms with Crippen LogP contribution in [0, 0.1) is 5.92 Å². The van der Waals surface area contributed by atoms with Gasteiger partial charge in [-0.15, -0.1) is 0 Å². The molecular formula is C20H28F3N5O. The molecule has 0 spiro atoms. The van der Waals surface area contributed by atoms with Crippen LogP contribution in [0.4, 0.5) is 13.2 Å². The normalized spacial score (nSPS) is 13.3. The lowest BCUT2D eigenvalue weighted by molar-refractivity contribution is -0.176. The number of rotatable bonds is 10. The highest BCUT2D eigenvalue weighted by Gasteiger charge is 2.27. The smallest absolute Gasteiger partial charge is 0.367 e. The minimum Gasteiger partial charge on any atom is -0.367 e. The minimum absolute atomic E-state index is 0.0681. The Hall–Kier alpha value is -2.55. The van der Waals surface area contributed by atoms with Crippen LogP contribution >= 0.6 is 0 Å². The summed E-state index contributed by atoms with van der Waals surface area (Å²) in [7, 11) is 0. The third-order valence-electron chi connectivity index (χ3n) is 4.00. The number of ether oxygens (including phenoxy) is 1. The molecule has 0 radical (unpaired) electrons. The van der Waals surface area contributed by atoms with E-state index >= 15 is 0 Å². The largest absolute Gasteiger partial charge is 0.411 e. The number of alkyl halides is 3. The van der Waals surface area contributed by atoms with Gasteiger partial charge in [-0.25, -0.2) is 4.99 Å². The zero-order valence-electron chi connectivity index (χ0n) is 16.7. The van der Waals surface area contributed by atoms with E-state index in [4.69, 9.17) is 0 Å². The molecule has 6 nitrogen and oxygen atoms in total. The first-order valence-electron chi connectivity index (χ1n) is 9.57. The fourth-order valence-electron chi connectivity index (χ4n) is 2.60. The van der Waals surface area contributed by atoms with Crippen LogP contribution in [0.3, 0.4) is 0 Å². The van der Waals surface area contributed by atoms with Crippen molar-refractivity contribution in [1.82, 2.24) is 20.4 Å². The molecule has 1 unspecified atom stereocenters. The van der Waals surface area contributed by atoms with Crippen molar-refractivity contribution in [2.24, 2.45) is 10.9 Å². The van der Waals surface area contributed by atoms with Crippen LogP contribution in [-0.2, 0) is 24.4 Å². The average molecular weight is 411 g/mol. The van der Waals surface area contributed by atoms with Gasteiger partial charge >= 0.3 is 6.18 Å². The molecule has 0 saturated carbocycles. The quantitative estimate of drug-likeness (QED) is 0.465. The molecular weight excluding hydrogens is 383 g/mol. The Kier molecular flexibility index (Phi) is 8.98. The van der Waals surface area contributed by atoms with Gasteiger partial charge in [0.15, 0.2) is 5.96 Å². The summed E-state index contributed by atoms with van der Waals surface area (Å²) in [6.07, 6.45) is -0.604. The molecule has 1 aromatic heterocycles. The van der Waals surface area contributed by atoms with E-state index in [1.165, 1.54) is 0 Å². The Bertz CT molecular complexity index is 730. The van der Waals surface area contributed by atoms with Crippen LogP contribution in [0.5, 0.6) is 0 Å². The number of benzene rings is 1. The second kappa shape index (κ2) is 11.5. The summed E-state index contributed by atoms with van der Waals surface area (Å²) >= 11 is 0. The second-order valence-electron chi connectivity index (χ2n) is 6.83. The third kappa shape index (κ3) is 9.47. The van der Waals surface area contributed by atoms with Gasteiger partial charge < -0.3 is 15.4 Å². The molecule has 0 saturated heterocycles. The number of nitrogens with one attached hydrogen (secondary N) is 2. The molecule has 2 aromatic rings. The molecule has 160 valence electrons. The number of hydrogen-bond donors (Lipinski definition) is 2. The van der Waals surface area contributed by atoms with E-state index < -0.39 is 12.8 Å². The van der Waals surface area contributed by atoms with Gasteiger partial charge in [0, 0.05) is 32.0 Å². The van der Waals surface area contributed by atoms with E-state index in [0.717, 1.165) is 31.2 Å². The van der Waals surface area contributed by atoms with E-state index in [1.807, 2.05) is 36.0 Å². The van der Waals surface area contributed by atoms with Gasteiger partial charge in [0.05, 0.1) is 13.2 Å². The lowest BCUT2D eigenvalue weighted by Crippen LogP contribution is -2.40. The van der Waals surface area contributed by atoms with Crippen molar-refractivity contribution in [3.8, 4) is 0 Å². The minimum atomic E-state index is -4.31. The van der Waals surface area contributed by atoms with Gasteiger partial charge in [-0.2, -0.15) is 18.3 Å². The predicted octanol–water partition coefficient (Wildman–Crippen LogP) is 3.35. The summed E-state index contributed by atoms with van der Waals surface area (Å²) < 4.78 is 42.9. The molecule has 0 aliphatic rings. The Morgan fingerprint density at radius 2 is 1.93 bits per heavy atom. The molecule has 1 heterocycles. The summed E-state index contributed by atoms with van der Waals surface area (Å²) in [5.74, 6) is 1.09. The van der Waals surface area contributed by atoms with E-state index in [-0.39, 0.29) is 6.61 Å². The molecule has 0 bridgehead atoms. The molecule has 1 atom stereocenters. The molecule has 0 fully saturated rings. The highest BCUT2D eigenvalue weighted by atomic mass is 19.4. The maximum atomic E-state index is 12.1. The Balaban J connectivity index is 1.80. The zero-order chi connectivity index (χ0) is 21.1. The SMILES string of the molecule is CCNC(=NCc1ccc(COCC(F)(F)F)cc1)NCC(C)Cn1cccn1. The van der Waals surface area contributed by atoms with Gasteiger partial charge in [0.2, 0.25) is 0 Å². The summed E-state index contributed by atoms with van der Waals surface area (Å²) in [6.45, 7) is 5.61. The summed E-state index contributed by atoms with van der Waals surface area (Å²) in [5, 5.41) is 10.7. The van der Waals surface area contributed by atoms with Gasteiger partial charge in [-0.1, -0.05) is 31.2 Å². The molecule has 0 aliphatic carbocycles. The molecule has 2 N–H and O–H groups in total. The molecule has 1 aromatic carbocycles. The number of guanidine groups is 1. The van der Waals surface area contributed by atoms with Gasteiger partial charge in [-0.05, 0) is 30.0 Å². The Morgan fingerprint density at radius 3 is 2.55 bits per heavy atom. The van der Waals surface area contributed by atoms with Crippen LogP contribution in [0.1, 0.15) is 25.0 Å². The predicted molar refractivity (Wildman–Crippen MR) is 106 cm³/mol. The highest BCUT2D eigenvalue weighted by Crippen LogP contribution is 2.16. The standard InChI is InChI=1S/C20H28F3N5O/c1-3-24-19(25-11-16(2)13-28-10-4-9-27-28)26-12-17-5-7-18(8-6-17)14-29-15-20(21,22)23/h4-10,16H,3,11-15H2,1-2H3,(H2,24,25,26). The summed E-state index contributed by atoms with van der Waals surface area (Å²) in [4.78, 5) is 4.57. The fourth-order valence-corrected chi connectivity index (χ4v) is 2.60. The maximum Gasteiger partial charge on any atom is 0.411 e. The fraction of sp³-hybridized carbons (Fsp3) is 0.500. The van der Waals surface area contributed by atoms with Crippen molar-refractivity contribution in [3.05, 3.63) is 53.9 Å². The van der Waals surface area contributed by atoms with Crippen molar-refractivity contribution in [2.75, 3.05) is 19.7 Å². The number of aliphatic imine (C=N–C) groups is 1. The third-order valence-corrected chi connectivity index (χ3v) is 4.00. The molecule has 2 rings (SSSR count). The topological polar surface area (TPSA) is 63.5 Å². The first-order valence-corrected chi connectivity index (χ1v) is 9.57. The van der Waals surface area contributed by atoms with Gasteiger partial charge in [0.25, 0.3) is 0 Å². The number of halogens is 3. The van der Waals surface area contributed by atoms with Crippen LogP contribution in [0.25, 0.3) is 0 Å². The molecule has 29 heavy (non-hydrogen) atoms. The van der Waals surface area contributed by atoms with Crippen LogP contribution in [0.15, 0.2) is 47.7 Å². The molecule has 0 amide bonds. The lowest BCUT2D eigenvalue weighted by Gasteiger charge is -2.16. The number of aromatic nitrogens is 2. The van der Waals surface area contributed by atoms with Crippen molar-refractivity contribution in [3.63, 3.8) is 0 Å². The molecule has 9 heteroatoms. The average Bonchev–Trinajstić information content (AvgIpc) is 3.17. The van der Waals surface area contributed by atoms with E-state index in [2.05, 4.69) is 32.4 Å². The van der Waals surface area contributed by atoms with Gasteiger partial charge in [-0.3, -0.25) is 4.68 Å². The monoisotopic (exact) mass is 411 g/mol. The van der Waals surface area contributed by atoms with Crippen LogP contribution < -0.4 is 10.6 Å². The summed E-state index contributed by atoms with van der Waals surface area (Å²) in [6, 6.07) is 9.11. The van der Waals surface area contributed by atoms with Crippen molar-refractivity contribution in [2.45, 2.75) is 39.7 Å². The highest BCUT2D eigenvalue weighted by molar-refractivity contribution is 5.79. The summed E-state index contributed by atoms with van der Waals surface area (Å²) in [5.41, 5.74) is 1.66. The van der Waals surface area contributed by atoms with Crippen molar-refractivity contribution >= 4 is 5.96 Å². The number of nitrogens with zero attached hydrogens (tertiary/aromatic N) is 3. The van der Waals surface area contributed by atoms with Crippen molar-refractivity contribution < 1.29 is 17.9 Å². The zero-order valence-corrected chi connectivity index (χ0v) is 16.7. The maximum absolute atomic E-state index is 12.1. The van der Waals surface area contributed by atoms with Crippen molar-refractivity contribution in [1.29, 1.82) is 0 Å². The van der Waals surface area contributed by atoms with Crippen LogP contribution in [0.2, 0.25) is 0 Å². The Morgan fingerprint density at radius 1 is 1.21 bits per heavy atom. The second-order valence-corrected chi connectivity index (χ2v) is 6.83. The van der Waals surface area contributed by atoms with E-state index in [9.17, 15) is 13.2 Å².